The standard InChI is InChI=1S/C20H29N5O/c1-5-18-12-19(23-20(22-18)17-6-8-21-9-7-17)24(4)10-11-25-13-15(2)26-16(3)14-25/h6-9,12,15-16H,5,10-11,13-14H2,1-4H3/t15-,16+. The van der Waals surface area contributed by atoms with E-state index in [0.29, 0.717) is 12.2 Å². The van der Waals surface area contributed by atoms with Crippen molar-refractivity contribution in [3.63, 3.8) is 0 Å². The molecule has 140 valence electrons. The molecule has 3 rings (SSSR count). The van der Waals surface area contributed by atoms with Gasteiger partial charge in [0.2, 0.25) is 0 Å². The highest BCUT2D eigenvalue weighted by Gasteiger charge is 2.22. The predicted octanol–water partition coefficient (Wildman–Crippen LogP) is 2.65. The molecule has 0 N–H and O–H groups in total. The van der Waals surface area contributed by atoms with Crippen molar-refractivity contribution < 1.29 is 4.74 Å². The predicted molar refractivity (Wildman–Crippen MR) is 104 cm³/mol. The monoisotopic (exact) mass is 355 g/mol. The highest BCUT2D eigenvalue weighted by atomic mass is 16.5. The minimum atomic E-state index is 0.299. The summed E-state index contributed by atoms with van der Waals surface area (Å²) in [5.41, 5.74) is 2.06. The third kappa shape index (κ3) is 4.77. The Hall–Kier alpha value is -2.05. The van der Waals surface area contributed by atoms with E-state index in [4.69, 9.17) is 9.72 Å². The van der Waals surface area contributed by atoms with Gasteiger partial charge in [0, 0.05) is 62.9 Å². The number of anilines is 1. The van der Waals surface area contributed by atoms with Gasteiger partial charge in [-0.05, 0) is 32.4 Å². The Morgan fingerprint density at radius 2 is 1.85 bits per heavy atom. The Morgan fingerprint density at radius 1 is 1.15 bits per heavy atom. The molecule has 0 saturated carbocycles. The smallest absolute Gasteiger partial charge is 0.161 e. The van der Waals surface area contributed by atoms with Crippen molar-refractivity contribution in [1.82, 2.24) is 19.9 Å². The van der Waals surface area contributed by atoms with Crippen LogP contribution in [0, 0.1) is 0 Å². The molecule has 0 unspecified atom stereocenters. The van der Waals surface area contributed by atoms with Crippen LogP contribution in [0.5, 0.6) is 0 Å². The summed E-state index contributed by atoms with van der Waals surface area (Å²) < 4.78 is 5.82. The molecule has 0 amide bonds. The maximum atomic E-state index is 5.82. The molecule has 0 spiro atoms. The van der Waals surface area contributed by atoms with Crippen LogP contribution in [0.4, 0.5) is 5.82 Å². The molecule has 1 fully saturated rings. The van der Waals surface area contributed by atoms with Crippen LogP contribution in [0.3, 0.4) is 0 Å². The highest BCUT2D eigenvalue weighted by Crippen LogP contribution is 2.20. The lowest BCUT2D eigenvalue weighted by molar-refractivity contribution is -0.0670. The zero-order valence-electron chi connectivity index (χ0n) is 16.2. The van der Waals surface area contributed by atoms with Crippen molar-refractivity contribution in [3.8, 4) is 11.4 Å². The van der Waals surface area contributed by atoms with Gasteiger partial charge < -0.3 is 9.64 Å². The molecule has 6 nitrogen and oxygen atoms in total. The van der Waals surface area contributed by atoms with E-state index in [1.54, 1.807) is 12.4 Å². The number of rotatable bonds is 6. The van der Waals surface area contributed by atoms with Gasteiger partial charge in [-0.2, -0.15) is 0 Å². The number of likely N-dealkylation sites (N-methyl/N-ethyl adjacent to an activating group) is 1. The minimum absolute atomic E-state index is 0.299. The van der Waals surface area contributed by atoms with Gasteiger partial charge in [0.05, 0.1) is 12.2 Å². The number of aromatic nitrogens is 3. The van der Waals surface area contributed by atoms with E-state index < -0.39 is 0 Å². The molecule has 2 aromatic heterocycles. The molecule has 0 bridgehead atoms. The molecular weight excluding hydrogens is 326 g/mol. The Labute approximate surface area is 156 Å². The van der Waals surface area contributed by atoms with Crippen molar-refractivity contribution in [3.05, 3.63) is 36.3 Å². The largest absolute Gasteiger partial charge is 0.373 e. The zero-order valence-corrected chi connectivity index (χ0v) is 16.2. The van der Waals surface area contributed by atoms with Crippen molar-refractivity contribution in [2.24, 2.45) is 0 Å². The average molecular weight is 355 g/mol. The molecule has 1 aliphatic rings. The Balaban J connectivity index is 1.71. The number of morpholine rings is 1. The maximum absolute atomic E-state index is 5.82. The van der Waals surface area contributed by atoms with Crippen LogP contribution in [0.2, 0.25) is 0 Å². The van der Waals surface area contributed by atoms with Gasteiger partial charge in [-0.1, -0.05) is 6.92 Å². The molecule has 3 heterocycles. The van der Waals surface area contributed by atoms with Crippen molar-refractivity contribution in [1.29, 1.82) is 0 Å². The molecule has 0 aliphatic carbocycles. The van der Waals surface area contributed by atoms with Crippen LogP contribution in [-0.4, -0.2) is 65.3 Å². The SMILES string of the molecule is CCc1cc(N(C)CCN2C[C@@H](C)O[C@@H](C)C2)nc(-c2ccncc2)n1. The molecule has 2 aromatic rings. The second-order valence-electron chi connectivity index (χ2n) is 7.07. The second kappa shape index (κ2) is 8.56. The van der Waals surface area contributed by atoms with Crippen LogP contribution >= 0.6 is 0 Å². The van der Waals surface area contributed by atoms with Crippen LogP contribution in [0.1, 0.15) is 26.5 Å². The molecule has 26 heavy (non-hydrogen) atoms. The van der Waals surface area contributed by atoms with Gasteiger partial charge in [0.15, 0.2) is 5.82 Å². The first-order valence-electron chi connectivity index (χ1n) is 9.42. The summed E-state index contributed by atoms with van der Waals surface area (Å²) in [5, 5.41) is 0. The van der Waals surface area contributed by atoms with E-state index in [9.17, 15) is 0 Å². The topological polar surface area (TPSA) is 54.4 Å². The molecular formula is C20H29N5O. The summed E-state index contributed by atoms with van der Waals surface area (Å²) in [5.74, 6) is 1.74. The lowest BCUT2D eigenvalue weighted by Crippen LogP contribution is -2.47. The van der Waals surface area contributed by atoms with E-state index in [1.165, 1.54) is 0 Å². The molecule has 6 heteroatoms. The van der Waals surface area contributed by atoms with Gasteiger partial charge in [0.25, 0.3) is 0 Å². The Morgan fingerprint density at radius 3 is 2.50 bits per heavy atom. The van der Waals surface area contributed by atoms with E-state index in [1.807, 2.05) is 12.1 Å². The van der Waals surface area contributed by atoms with Gasteiger partial charge in [0.1, 0.15) is 5.82 Å². The van der Waals surface area contributed by atoms with E-state index in [2.05, 4.69) is 53.7 Å². The van der Waals surface area contributed by atoms with Crippen molar-refractivity contribution >= 4 is 5.82 Å². The summed E-state index contributed by atoms with van der Waals surface area (Å²) in [7, 11) is 2.10. The first kappa shape index (κ1) is 18.7. The number of hydrogen-bond donors (Lipinski definition) is 0. The van der Waals surface area contributed by atoms with Gasteiger partial charge >= 0.3 is 0 Å². The molecule has 1 aliphatic heterocycles. The summed E-state index contributed by atoms with van der Waals surface area (Å²) in [6.07, 6.45) is 5.05. The highest BCUT2D eigenvalue weighted by molar-refractivity contribution is 5.57. The first-order chi connectivity index (χ1) is 12.5. The van der Waals surface area contributed by atoms with Crippen LogP contribution in [0.15, 0.2) is 30.6 Å². The Kier molecular flexibility index (Phi) is 6.16. The summed E-state index contributed by atoms with van der Waals surface area (Å²) in [6.45, 7) is 10.3. The maximum Gasteiger partial charge on any atom is 0.161 e. The molecule has 2 atom stereocenters. The number of aryl methyl sites for hydroxylation is 1. The fourth-order valence-electron chi connectivity index (χ4n) is 3.36. The van der Waals surface area contributed by atoms with E-state index in [0.717, 1.165) is 55.5 Å². The molecule has 0 aromatic carbocycles. The lowest BCUT2D eigenvalue weighted by atomic mass is 10.2. The summed E-state index contributed by atoms with van der Waals surface area (Å²) in [6, 6.07) is 6.00. The fourth-order valence-corrected chi connectivity index (χ4v) is 3.36. The van der Waals surface area contributed by atoms with E-state index >= 15 is 0 Å². The number of nitrogens with zero attached hydrogens (tertiary/aromatic N) is 5. The van der Waals surface area contributed by atoms with E-state index in [-0.39, 0.29) is 0 Å². The normalized spacial score (nSPS) is 20.9. The quantitative estimate of drug-likeness (QED) is 0.794. The van der Waals surface area contributed by atoms with Gasteiger partial charge in [-0.3, -0.25) is 9.88 Å². The third-order valence-corrected chi connectivity index (χ3v) is 4.70. The van der Waals surface area contributed by atoms with Gasteiger partial charge in [-0.15, -0.1) is 0 Å². The number of hydrogen-bond acceptors (Lipinski definition) is 6. The fraction of sp³-hybridized carbons (Fsp3) is 0.550. The molecule has 0 radical (unpaired) electrons. The number of ether oxygens (including phenoxy) is 1. The summed E-state index contributed by atoms with van der Waals surface area (Å²) in [4.78, 5) is 18.2. The van der Waals surface area contributed by atoms with Gasteiger partial charge in [-0.25, -0.2) is 9.97 Å². The van der Waals surface area contributed by atoms with Crippen molar-refractivity contribution in [2.45, 2.75) is 39.4 Å². The average Bonchev–Trinajstić information content (AvgIpc) is 2.65. The third-order valence-electron chi connectivity index (χ3n) is 4.70. The lowest BCUT2D eigenvalue weighted by Gasteiger charge is -2.36. The van der Waals surface area contributed by atoms with Crippen LogP contribution in [0.25, 0.3) is 11.4 Å². The minimum Gasteiger partial charge on any atom is -0.373 e. The molecule has 1 saturated heterocycles. The van der Waals surface area contributed by atoms with Crippen molar-refractivity contribution in [2.75, 3.05) is 38.1 Å². The first-order valence-corrected chi connectivity index (χ1v) is 9.42. The van der Waals surface area contributed by atoms with Crippen LogP contribution < -0.4 is 4.90 Å². The zero-order chi connectivity index (χ0) is 18.5. The second-order valence-corrected chi connectivity index (χ2v) is 7.07. The summed E-state index contributed by atoms with van der Waals surface area (Å²) >= 11 is 0. The number of pyridine rings is 1. The Bertz CT molecular complexity index is 699. The van der Waals surface area contributed by atoms with Crippen LogP contribution in [-0.2, 0) is 11.2 Å².